The van der Waals surface area contributed by atoms with Crippen LogP contribution in [0, 0.1) is 0 Å². The van der Waals surface area contributed by atoms with Crippen molar-refractivity contribution >= 4 is 35.0 Å². The highest BCUT2D eigenvalue weighted by molar-refractivity contribution is 6.42. The van der Waals surface area contributed by atoms with Crippen LogP contribution in [0.3, 0.4) is 0 Å². The monoisotopic (exact) mass is 330 g/mol. The van der Waals surface area contributed by atoms with Crippen LogP contribution in [0.15, 0.2) is 18.2 Å². The van der Waals surface area contributed by atoms with E-state index in [4.69, 9.17) is 23.2 Å². The lowest BCUT2D eigenvalue weighted by Gasteiger charge is -2.24. The van der Waals surface area contributed by atoms with E-state index in [1.165, 1.54) is 0 Å². The van der Waals surface area contributed by atoms with Gasteiger partial charge in [0, 0.05) is 6.04 Å². The minimum Gasteiger partial charge on any atom is -0.352 e. The van der Waals surface area contributed by atoms with Gasteiger partial charge in [-0.2, -0.15) is 0 Å². The van der Waals surface area contributed by atoms with Gasteiger partial charge in [0.05, 0.1) is 22.0 Å². The molecule has 6 heteroatoms. The van der Waals surface area contributed by atoms with Crippen molar-refractivity contribution in [3.8, 4) is 0 Å². The van der Waals surface area contributed by atoms with E-state index in [1.54, 1.807) is 32.0 Å². The summed E-state index contributed by atoms with van der Waals surface area (Å²) in [6.07, 6.45) is 0. The Hall–Kier alpha value is -1.26. The maximum absolute atomic E-state index is 12.3. The first-order valence-electron chi connectivity index (χ1n) is 6.67. The first-order valence-corrected chi connectivity index (χ1v) is 7.43. The van der Waals surface area contributed by atoms with Gasteiger partial charge in [0.25, 0.3) is 0 Å². The molecule has 1 aromatic rings. The fourth-order valence-electron chi connectivity index (χ4n) is 1.77. The number of rotatable bonds is 5. The first kappa shape index (κ1) is 17.8. The van der Waals surface area contributed by atoms with Gasteiger partial charge in [-0.15, -0.1) is 0 Å². The fourth-order valence-corrected chi connectivity index (χ4v) is 2.07. The van der Waals surface area contributed by atoms with E-state index in [2.05, 4.69) is 10.6 Å². The molecule has 0 aliphatic heterocycles. The topological polar surface area (TPSA) is 58.2 Å². The van der Waals surface area contributed by atoms with Crippen LogP contribution in [0.5, 0.6) is 0 Å². The Morgan fingerprint density at radius 3 is 2.33 bits per heavy atom. The minimum atomic E-state index is -0.813. The molecule has 0 heterocycles. The molecule has 0 spiro atoms. The Kier molecular flexibility index (Phi) is 6.05. The molecule has 0 saturated heterocycles. The van der Waals surface area contributed by atoms with Crippen molar-refractivity contribution in [2.24, 2.45) is 0 Å². The van der Waals surface area contributed by atoms with Gasteiger partial charge in [-0.25, -0.2) is 0 Å². The molecule has 1 aromatic carbocycles. The number of carbonyl (C=O) groups excluding carboxylic acids is 2. The van der Waals surface area contributed by atoms with Gasteiger partial charge in [0.1, 0.15) is 0 Å². The van der Waals surface area contributed by atoms with Crippen molar-refractivity contribution in [1.82, 2.24) is 10.6 Å². The number of amides is 2. The van der Waals surface area contributed by atoms with E-state index >= 15 is 0 Å². The predicted molar refractivity (Wildman–Crippen MR) is 85.8 cm³/mol. The molecule has 0 aliphatic carbocycles. The van der Waals surface area contributed by atoms with Crippen molar-refractivity contribution in [1.29, 1.82) is 0 Å². The summed E-state index contributed by atoms with van der Waals surface area (Å²) in [6.45, 7) is 7.20. The van der Waals surface area contributed by atoms with Gasteiger partial charge in [-0.05, 0) is 45.4 Å². The van der Waals surface area contributed by atoms with E-state index in [-0.39, 0.29) is 24.4 Å². The minimum absolute atomic E-state index is 0.0393. The molecule has 4 nitrogen and oxygen atoms in total. The summed E-state index contributed by atoms with van der Waals surface area (Å²) < 4.78 is 0. The number of carbonyl (C=O) groups is 2. The standard InChI is InChI=1S/C15H20Cl2N2O2/c1-9(2)19-13(20)8-18-14(21)15(3,4)10-5-6-11(16)12(17)7-10/h5-7,9H,8H2,1-4H3,(H,18,21)(H,19,20). The number of hydrogen-bond donors (Lipinski definition) is 2. The van der Waals surface area contributed by atoms with Crippen molar-refractivity contribution < 1.29 is 9.59 Å². The van der Waals surface area contributed by atoms with Crippen molar-refractivity contribution in [2.75, 3.05) is 6.54 Å². The Morgan fingerprint density at radius 2 is 1.81 bits per heavy atom. The maximum Gasteiger partial charge on any atom is 0.239 e. The highest BCUT2D eigenvalue weighted by Gasteiger charge is 2.30. The second-order valence-corrected chi connectivity index (χ2v) is 6.47. The molecule has 0 aromatic heterocycles. The number of hydrogen-bond acceptors (Lipinski definition) is 2. The van der Waals surface area contributed by atoms with Gasteiger partial charge >= 0.3 is 0 Å². The molecular formula is C15H20Cl2N2O2. The lowest BCUT2D eigenvalue weighted by atomic mass is 9.84. The molecule has 21 heavy (non-hydrogen) atoms. The fraction of sp³-hybridized carbons (Fsp3) is 0.467. The Balaban J connectivity index is 2.75. The molecule has 2 N–H and O–H groups in total. The molecule has 0 fully saturated rings. The maximum atomic E-state index is 12.3. The van der Waals surface area contributed by atoms with Gasteiger partial charge < -0.3 is 10.6 Å². The average molecular weight is 331 g/mol. The molecule has 0 radical (unpaired) electrons. The number of halogens is 2. The summed E-state index contributed by atoms with van der Waals surface area (Å²) in [5.74, 6) is -0.469. The van der Waals surface area contributed by atoms with Crippen LogP contribution in [0.4, 0.5) is 0 Å². The molecule has 0 unspecified atom stereocenters. The third-order valence-electron chi connectivity index (χ3n) is 3.07. The lowest BCUT2D eigenvalue weighted by Crippen LogP contribution is -2.45. The summed E-state index contributed by atoms with van der Waals surface area (Å²) in [5, 5.41) is 6.18. The third kappa shape index (κ3) is 4.90. The van der Waals surface area contributed by atoms with Crippen LogP contribution >= 0.6 is 23.2 Å². The Labute approximate surface area is 135 Å². The van der Waals surface area contributed by atoms with Gasteiger partial charge in [-0.1, -0.05) is 29.3 Å². The molecule has 0 bridgehead atoms. The van der Waals surface area contributed by atoms with Crippen LogP contribution in [-0.4, -0.2) is 24.4 Å². The summed E-state index contributed by atoms with van der Waals surface area (Å²) in [4.78, 5) is 23.8. The van der Waals surface area contributed by atoms with Crippen molar-refractivity contribution in [3.63, 3.8) is 0 Å². The quantitative estimate of drug-likeness (QED) is 0.872. The lowest BCUT2D eigenvalue weighted by molar-refractivity contribution is -0.129. The highest BCUT2D eigenvalue weighted by atomic mass is 35.5. The predicted octanol–water partition coefficient (Wildman–Crippen LogP) is 2.91. The summed E-state index contributed by atoms with van der Waals surface area (Å²) >= 11 is 11.9. The van der Waals surface area contributed by atoms with E-state index in [9.17, 15) is 9.59 Å². The molecule has 2 amide bonds. The number of nitrogens with one attached hydrogen (secondary N) is 2. The molecule has 0 atom stereocenters. The molecule has 0 saturated carbocycles. The molecule has 116 valence electrons. The van der Waals surface area contributed by atoms with Gasteiger partial charge in [-0.3, -0.25) is 9.59 Å². The summed E-state index contributed by atoms with van der Waals surface area (Å²) in [7, 11) is 0. The summed E-state index contributed by atoms with van der Waals surface area (Å²) in [6, 6.07) is 5.11. The zero-order chi connectivity index (χ0) is 16.2. The van der Waals surface area contributed by atoms with E-state index in [0.29, 0.717) is 10.0 Å². The molecular weight excluding hydrogens is 311 g/mol. The van der Waals surface area contributed by atoms with E-state index in [1.807, 2.05) is 13.8 Å². The van der Waals surface area contributed by atoms with Crippen molar-refractivity contribution in [3.05, 3.63) is 33.8 Å². The van der Waals surface area contributed by atoms with Gasteiger partial charge in [0.2, 0.25) is 11.8 Å². The number of benzene rings is 1. The molecule has 0 aliphatic rings. The zero-order valence-electron chi connectivity index (χ0n) is 12.6. The summed E-state index contributed by atoms with van der Waals surface area (Å²) in [5.41, 5.74) is -0.0783. The zero-order valence-corrected chi connectivity index (χ0v) is 14.1. The SMILES string of the molecule is CC(C)NC(=O)CNC(=O)C(C)(C)c1ccc(Cl)c(Cl)c1. The van der Waals surface area contributed by atoms with Crippen LogP contribution in [0.25, 0.3) is 0 Å². The second-order valence-electron chi connectivity index (χ2n) is 5.66. The van der Waals surface area contributed by atoms with Crippen LogP contribution < -0.4 is 10.6 Å². The van der Waals surface area contributed by atoms with Crippen LogP contribution in [0.1, 0.15) is 33.3 Å². The third-order valence-corrected chi connectivity index (χ3v) is 3.81. The van der Waals surface area contributed by atoms with Crippen molar-refractivity contribution in [2.45, 2.75) is 39.2 Å². The second kappa shape index (κ2) is 7.14. The van der Waals surface area contributed by atoms with Gasteiger partial charge in [0.15, 0.2) is 0 Å². The Morgan fingerprint density at radius 1 is 1.19 bits per heavy atom. The van der Waals surface area contributed by atoms with E-state index < -0.39 is 5.41 Å². The molecule has 1 rings (SSSR count). The highest BCUT2D eigenvalue weighted by Crippen LogP contribution is 2.30. The largest absolute Gasteiger partial charge is 0.352 e. The van der Waals surface area contributed by atoms with E-state index in [0.717, 1.165) is 5.56 Å². The van der Waals surface area contributed by atoms with Crippen LogP contribution in [0.2, 0.25) is 10.0 Å². The normalized spacial score (nSPS) is 11.4. The first-order chi connectivity index (χ1) is 9.64. The Bertz CT molecular complexity index is 542. The van der Waals surface area contributed by atoms with Crippen LogP contribution in [-0.2, 0) is 15.0 Å². The smallest absolute Gasteiger partial charge is 0.239 e. The average Bonchev–Trinajstić information content (AvgIpc) is 2.38.